The molecule has 1 aromatic heterocycles. The topological polar surface area (TPSA) is 104 Å². The Morgan fingerprint density at radius 3 is 1.91 bits per heavy atom. The lowest BCUT2D eigenvalue weighted by Gasteiger charge is -2.26. The molecule has 2 N–H and O–H groups in total. The molecule has 0 aliphatic carbocycles. The highest BCUT2D eigenvalue weighted by molar-refractivity contribution is 5.73. The van der Waals surface area contributed by atoms with E-state index in [-0.39, 0.29) is 11.5 Å². The number of hydrogen-bond donors (Lipinski definition) is 1. The second-order valence-electron chi connectivity index (χ2n) is 8.13. The second-order valence-corrected chi connectivity index (χ2v) is 8.13. The van der Waals surface area contributed by atoms with E-state index in [1.807, 2.05) is 59.5 Å². The molecule has 0 aliphatic heterocycles. The number of pyridine rings is 1. The number of ether oxygens (including phenoxy) is 2. The molecule has 0 radical (unpaired) electrons. The number of anilines is 2. The van der Waals surface area contributed by atoms with E-state index in [1.165, 1.54) is 0 Å². The predicted octanol–water partition coefficient (Wildman–Crippen LogP) is 5.53. The van der Waals surface area contributed by atoms with E-state index in [4.69, 9.17) is 15.2 Å². The van der Waals surface area contributed by atoms with E-state index in [1.54, 1.807) is 14.2 Å². The molecule has 0 aliphatic rings. The Labute approximate surface area is 200 Å². The van der Waals surface area contributed by atoms with Gasteiger partial charge in [0.05, 0.1) is 19.1 Å². The highest BCUT2D eigenvalue weighted by Crippen LogP contribution is 2.36. The molecule has 0 bridgehead atoms. The Bertz CT molecular complexity index is 1040. The average molecular weight is 465 g/mol. The van der Waals surface area contributed by atoms with Crippen LogP contribution in [-0.2, 0) is 19.5 Å². The molecule has 34 heavy (non-hydrogen) atoms. The first-order valence-electron chi connectivity index (χ1n) is 11.4. The number of nitrogens with two attached hydrogens (primary N) is 1. The molecular formula is C26H32N4O4. The zero-order valence-corrected chi connectivity index (χ0v) is 20.0. The lowest BCUT2D eigenvalue weighted by molar-refractivity contribution is -0.383. The number of aromatic nitrogens is 1. The third kappa shape index (κ3) is 6.37. The number of hydrogen-bond acceptors (Lipinski definition) is 7. The van der Waals surface area contributed by atoms with Crippen molar-refractivity contribution in [2.24, 2.45) is 0 Å². The third-order valence-corrected chi connectivity index (χ3v) is 5.68. The van der Waals surface area contributed by atoms with Crippen molar-refractivity contribution in [2.75, 3.05) is 24.9 Å². The molecule has 0 saturated heterocycles. The molecule has 0 unspecified atom stereocenters. The monoisotopic (exact) mass is 464 g/mol. The van der Waals surface area contributed by atoms with Gasteiger partial charge in [-0.25, -0.2) is 4.98 Å². The van der Waals surface area contributed by atoms with Gasteiger partial charge in [0.1, 0.15) is 17.2 Å². The van der Waals surface area contributed by atoms with Crippen molar-refractivity contribution in [3.63, 3.8) is 0 Å². The third-order valence-electron chi connectivity index (χ3n) is 5.68. The molecule has 3 rings (SSSR count). The number of unbranched alkanes of at least 4 members (excludes halogenated alkanes) is 2. The van der Waals surface area contributed by atoms with Gasteiger partial charge in [0.25, 0.3) is 0 Å². The van der Waals surface area contributed by atoms with E-state index in [9.17, 15) is 10.1 Å². The lowest BCUT2D eigenvalue weighted by atomic mass is 10.1. The summed E-state index contributed by atoms with van der Waals surface area (Å²) in [6, 6.07) is 17.2. The Kier molecular flexibility index (Phi) is 8.67. The highest BCUT2D eigenvalue weighted by Gasteiger charge is 2.26. The van der Waals surface area contributed by atoms with Crippen molar-refractivity contribution < 1.29 is 14.4 Å². The van der Waals surface area contributed by atoms with Crippen LogP contribution in [0.5, 0.6) is 11.5 Å². The van der Waals surface area contributed by atoms with Gasteiger partial charge in [-0.05, 0) is 54.3 Å². The minimum atomic E-state index is -0.442. The number of nitro groups is 1. The molecule has 0 amide bonds. The van der Waals surface area contributed by atoms with Gasteiger partial charge in [-0.2, -0.15) is 0 Å². The van der Waals surface area contributed by atoms with Crippen LogP contribution in [0.15, 0.2) is 54.6 Å². The van der Waals surface area contributed by atoms with Crippen molar-refractivity contribution in [1.29, 1.82) is 0 Å². The summed E-state index contributed by atoms with van der Waals surface area (Å²) in [5, 5.41) is 12.0. The maximum atomic E-state index is 12.0. The summed E-state index contributed by atoms with van der Waals surface area (Å²) >= 11 is 0. The standard InChI is InChI=1S/C26H32N4O4/c1-4-5-6-7-21-16-24(25(30(31)32)26(27)28-21)29(17-19-8-12-22(33-2)13-9-19)18-20-10-14-23(34-3)15-11-20/h8-16H,4-7,17-18H2,1-3H3,(H2,27,28). The molecular weight excluding hydrogens is 432 g/mol. The number of nitrogens with zero attached hydrogens (tertiary/aromatic N) is 3. The van der Waals surface area contributed by atoms with Gasteiger partial charge in [-0.15, -0.1) is 0 Å². The highest BCUT2D eigenvalue weighted by atomic mass is 16.6. The van der Waals surface area contributed by atoms with Crippen LogP contribution in [-0.4, -0.2) is 24.1 Å². The van der Waals surface area contributed by atoms with Gasteiger partial charge in [-0.1, -0.05) is 44.0 Å². The van der Waals surface area contributed by atoms with Crippen molar-refractivity contribution in [2.45, 2.75) is 45.7 Å². The largest absolute Gasteiger partial charge is 0.497 e. The molecule has 8 nitrogen and oxygen atoms in total. The fourth-order valence-electron chi connectivity index (χ4n) is 3.84. The van der Waals surface area contributed by atoms with Gasteiger partial charge >= 0.3 is 5.69 Å². The quantitative estimate of drug-likeness (QED) is 0.213. The van der Waals surface area contributed by atoms with Crippen LogP contribution in [0.2, 0.25) is 0 Å². The molecule has 0 atom stereocenters. The van der Waals surface area contributed by atoms with Crippen LogP contribution in [0.1, 0.15) is 43.0 Å². The number of methoxy groups -OCH3 is 2. The van der Waals surface area contributed by atoms with Crippen molar-refractivity contribution >= 4 is 17.2 Å². The maximum absolute atomic E-state index is 12.0. The second kappa shape index (κ2) is 11.9. The fourth-order valence-corrected chi connectivity index (χ4v) is 3.84. The molecule has 0 fully saturated rings. The van der Waals surface area contributed by atoms with E-state index < -0.39 is 4.92 Å². The Morgan fingerprint density at radius 1 is 0.941 bits per heavy atom. The summed E-state index contributed by atoms with van der Waals surface area (Å²) in [6.07, 6.45) is 3.82. The fraction of sp³-hybridized carbons (Fsp3) is 0.346. The number of nitrogen functional groups attached to an aromatic ring is 1. The van der Waals surface area contributed by atoms with Crippen molar-refractivity contribution in [3.05, 3.63) is 81.5 Å². The molecule has 3 aromatic rings. The van der Waals surface area contributed by atoms with Crippen LogP contribution < -0.4 is 20.1 Å². The Morgan fingerprint density at radius 2 is 1.47 bits per heavy atom. The SMILES string of the molecule is CCCCCc1cc(N(Cc2ccc(OC)cc2)Cc2ccc(OC)cc2)c([N+](=O)[O-])c(N)n1. The van der Waals surface area contributed by atoms with Crippen LogP contribution in [0.25, 0.3) is 0 Å². The summed E-state index contributed by atoms with van der Waals surface area (Å²) in [6.45, 7) is 3.04. The van der Waals surface area contributed by atoms with Crippen LogP contribution in [0.3, 0.4) is 0 Å². The maximum Gasteiger partial charge on any atom is 0.334 e. The van der Waals surface area contributed by atoms with Crippen molar-refractivity contribution in [1.82, 2.24) is 4.98 Å². The van der Waals surface area contributed by atoms with Gasteiger partial charge in [0.15, 0.2) is 0 Å². The first-order valence-corrected chi connectivity index (χ1v) is 11.4. The van der Waals surface area contributed by atoms with E-state index in [2.05, 4.69) is 11.9 Å². The summed E-state index contributed by atoms with van der Waals surface area (Å²) in [5.74, 6) is 1.45. The number of aryl methyl sites for hydroxylation is 1. The minimum absolute atomic E-state index is 0.0524. The van der Waals surface area contributed by atoms with Crippen LogP contribution in [0, 0.1) is 10.1 Å². The van der Waals surface area contributed by atoms with E-state index >= 15 is 0 Å². The molecule has 8 heteroatoms. The van der Waals surface area contributed by atoms with E-state index in [0.717, 1.165) is 54.0 Å². The molecule has 2 aromatic carbocycles. The smallest absolute Gasteiger partial charge is 0.334 e. The number of benzene rings is 2. The zero-order chi connectivity index (χ0) is 24.5. The minimum Gasteiger partial charge on any atom is -0.497 e. The molecule has 180 valence electrons. The normalized spacial score (nSPS) is 10.7. The molecule has 1 heterocycles. The lowest BCUT2D eigenvalue weighted by Crippen LogP contribution is -2.24. The first kappa shape index (κ1) is 24.8. The zero-order valence-electron chi connectivity index (χ0n) is 20.0. The number of rotatable bonds is 12. The van der Waals surface area contributed by atoms with Crippen molar-refractivity contribution in [3.8, 4) is 11.5 Å². The Balaban J connectivity index is 2.03. The summed E-state index contributed by atoms with van der Waals surface area (Å²) in [7, 11) is 3.24. The van der Waals surface area contributed by atoms with E-state index in [0.29, 0.717) is 18.8 Å². The molecule has 0 spiro atoms. The Hall–Kier alpha value is -3.81. The first-order chi connectivity index (χ1) is 16.4. The summed E-state index contributed by atoms with van der Waals surface area (Å²) in [5.41, 5.74) is 9.17. The van der Waals surface area contributed by atoms with Gasteiger partial charge in [0, 0.05) is 18.8 Å². The van der Waals surface area contributed by atoms with Crippen LogP contribution >= 0.6 is 0 Å². The summed E-state index contributed by atoms with van der Waals surface area (Å²) < 4.78 is 10.5. The van der Waals surface area contributed by atoms with Crippen LogP contribution in [0.4, 0.5) is 17.2 Å². The predicted molar refractivity (Wildman–Crippen MR) is 134 cm³/mol. The van der Waals surface area contributed by atoms with Gasteiger partial charge < -0.3 is 20.1 Å². The van der Waals surface area contributed by atoms with Gasteiger partial charge in [0.2, 0.25) is 5.82 Å². The molecule has 0 saturated carbocycles. The summed E-state index contributed by atoms with van der Waals surface area (Å²) in [4.78, 5) is 17.9. The average Bonchev–Trinajstić information content (AvgIpc) is 2.84. The van der Waals surface area contributed by atoms with Gasteiger partial charge in [-0.3, -0.25) is 10.1 Å².